The summed E-state index contributed by atoms with van der Waals surface area (Å²) in [6.07, 6.45) is 1.14. The van der Waals surface area contributed by atoms with Crippen molar-refractivity contribution in [2.75, 3.05) is 24.2 Å². The molecule has 0 saturated heterocycles. The number of thioether (sulfide) groups is 1. The minimum absolute atomic E-state index is 0.116. The number of fused-ring (bicyclic) bond motifs is 1. The van der Waals surface area contributed by atoms with E-state index in [1.54, 1.807) is 12.1 Å². The molecule has 2 rings (SSSR count). The van der Waals surface area contributed by atoms with Crippen LogP contribution >= 0.6 is 11.8 Å². The van der Waals surface area contributed by atoms with Crippen molar-refractivity contribution in [3.8, 4) is 0 Å². The van der Waals surface area contributed by atoms with Crippen LogP contribution in [0.3, 0.4) is 0 Å². The summed E-state index contributed by atoms with van der Waals surface area (Å²) in [5, 5.41) is 7.26. The Hall–Kier alpha value is -2.55. The first-order chi connectivity index (χ1) is 12.0. The number of carbonyl (C=O) groups excluding carboxylic acids is 4. The third-order valence-electron chi connectivity index (χ3n) is 3.20. The van der Waals surface area contributed by atoms with Gasteiger partial charge in [-0.3, -0.25) is 14.9 Å². The Labute approximate surface area is 149 Å². The zero-order chi connectivity index (χ0) is 18.2. The summed E-state index contributed by atoms with van der Waals surface area (Å²) < 4.78 is 4.89. The molecule has 0 bridgehead atoms. The fraction of sp³-hybridized carbons (Fsp3) is 0.375. The van der Waals surface area contributed by atoms with Crippen LogP contribution in [0, 0.1) is 0 Å². The van der Waals surface area contributed by atoms with Gasteiger partial charge >= 0.3 is 12.0 Å². The zero-order valence-electron chi connectivity index (χ0n) is 13.7. The van der Waals surface area contributed by atoms with Gasteiger partial charge in [0.15, 0.2) is 6.61 Å². The lowest BCUT2D eigenvalue weighted by Gasteiger charge is -2.09. The standard InChI is InChI=1S/C16H19N3O5S/c1-2-6-17-16(23)19-14(21)9-24-15(22)10-3-4-12-11(8-10)18-13(20)5-7-25-12/h3-4,8H,2,5-7,9H2,1H3,(H,18,20)(H2,17,19,21,23). The van der Waals surface area contributed by atoms with Crippen LogP contribution in [-0.4, -0.2) is 42.7 Å². The van der Waals surface area contributed by atoms with Gasteiger partial charge in [-0.05, 0) is 24.6 Å². The Morgan fingerprint density at radius 2 is 2.12 bits per heavy atom. The highest BCUT2D eigenvalue weighted by molar-refractivity contribution is 7.99. The van der Waals surface area contributed by atoms with Gasteiger partial charge in [0.2, 0.25) is 5.91 Å². The number of benzene rings is 1. The lowest BCUT2D eigenvalue weighted by atomic mass is 10.2. The van der Waals surface area contributed by atoms with E-state index in [4.69, 9.17) is 4.74 Å². The highest BCUT2D eigenvalue weighted by Gasteiger charge is 2.17. The quantitative estimate of drug-likeness (QED) is 0.682. The Kier molecular flexibility index (Phi) is 6.81. The van der Waals surface area contributed by atoms with Crippen molar-refractivity contribution in [1.29, 1.82) is 0 Å². The van der Waals surface area contributed by atoms with E-state index in [-0.39, 0.29) is 11.5 Å². The summed E-state index contributed by atoms with van der Waals surface area (Å²) in [6.45, 7) is 1.75. The maximum Gasteiger partial charge on any atom is 0.338 e. The molecule has 134 valence electrons. The van der Waals surface area contributed by atoms with Gasteiger partial charge in [-0.15, -0.1) is 11.8 Å². The first-order valence-electron chi connectivity index (χ1n) is 7.81. The molecule has 0 fully saturated rings. The van der Waals surface area contributed by atoms with Crippen LogP contribution in [0.4, 0.5) is 10.5 Å². The molecule has 1 aliphatic rings. The molecule has 0 spiro atoms. The average molecular weight is 365 g/mol. The van der Waals surface area contributed by atoms with Gasteiger partial charge in [-0.2, -0.15) is 0 Å². The largest absolute Gasteiger partial charge is 0.452 e. The van der Waals surface area contributed by atoms with E-state index in [1.807, 2.05) is 6.92 Å². The molecule has 0 unspecified atom stereocenters. The minimum atomic E-state index is -0.722. The summed E-state index contributed by atoms with van der Waals surface area (Å²) in [6, 6.07) is 4.17. The number of hydrogen-bond acceptors (Lipinski definition) is 6. The van der Waals surface area contributed by atoms with Crippen molar-refractivity contribution < 1.29 is 23.9 Å². The van der Waals surface area contributed by atoms with E-state index in [1.165, 1.54) is 17.8 Å². The van der Waals surface area contributed by atoms with Crippen molar-refractivity contribution in [1.82, 2.24) is 10.6 Å². The molecule has 0 atom stereocenters. The topological polar surface area (TPSA) is 114 Å². The van der Waals surface area contributed by atoms with E-state index < -0.39 is 24.5 Å². The maximum absolute atomic E-state index is 12.0. The number of carbonyl (C=O) groups is 4. The van der Waals surface area contributed by atoms with Crippen LogP contribution in [0.2, 0.25) is 0 Å². The molecule has 3 N–H and O–H groups in total. The average Bonchev–Trinajstić information content (AvgIpc) is 2.77. The zero-order valence-corrected chi connectivity index (χ0v) is 14.5. The van der Waals surface area contributed by atoms with Crippen molar-refractivity contribution in [2.24, 2.45) is 0 Å². The molecule has 1 aliphatic heterocycles. The SMILES string of the molecule is CCCNC(=O)NC(=O)COC(=O)c1ccc2c(c1)NC(=O)CCS2. The number of anilines is 1. The number of esters is 1. The fourth-order valence-corrected chi connectivity index (χ4v) is 2.94. The smallest absolute Gasteiger partial charge is 0.338 e. The van der Waals surface area contributed by atoms with Gasteiger partial charge in [-0.1, -0.05) is 6.92 Å². The predicted molar refractivity (Wildman–Crippen MR) is 92.5 cm³/mol. The van der Waals surface area contributed by atoms with Gasteiger partial charge < -0.3 is 15.4 Å². The fourth-order valence-electron chi connectivity index (χ4n) is 2.01. The van der Waals surface area contributed by atoms with Gasteiger partial charge in [0.1, 0.15) is 0 Å². The molecule has 0 aromatic heterocycles. The number of amides is 4. The van der Waals surface area contributed by atoms with Crippen molar-refractivity contribution >= 4 is 41.3 Å². The monoisotopic (exact) mass is 365 g/mol. The molecule has 1 aromatic rings. The molecule has 1 heterocycles. The number of imide groups is 1. The molecule has 0 radical (unpaired) electrons. The van der Waals surface area contributed by atoms with E-state index in [0.29, 0.717) is 24.4 Å². The Morgan fingerprint density at radius 3 is 2.88 bits per heavy atom. The highest BCUT2D eigenvalue weighted by Crippen LogP contribution is 2.31. The Balaban J connectivity index is 1.90. The number of ether oxygens (including phenoxy) is 1. The summed E-state index contributed by atoms with van der Waals surface area (Å²) in [4.78, 5) is 47.4. The number of rotatable bonds is 5. The molecule has 0 saturated carbocycles. The second-order valence-electron chi connectivity index (χ2n) is 5.24. The minimum Gasteiger partial charge on any atom is -0.452 e. The molecular weight excluding hydrogens is 346 g/mol. The van der Waals surface area contributed by atoms with E-state index >= 15 is 0 Å². The summed E-state index contributed by atoms with van der Waals surface area (Å²) in [5.74, 6) is -0.881. The molecule has 1 aromatic carbocycles. The molecule has 0 aliphatic carbocycles. The van der Waals surface area contributed by atoms with Crippen molar-refractivity contribution in [3.63, 3.8) is 0 Å². The highest BCUT2D eigenvalue weighted by atomic mass is 32.2. The third kappa shape index (κ3) is 5.79. The third-order valence-corrected chi connectivity index (χ3v) is 4.27. The second-order valence-corrected chi connectivity index (χ2v) is 6.37. The van der Waals surface area contributed by atoms with Crippen LogP contribution in [0.1, 0.15) is 30.1 Å². The molecule has 25 heavy (non-hydrogen) atoms. The molecular formula is C16H19N3O5S. The van der Waals surface area contributed by atoms with E-state index in [9.17, 15) is 19.2 Å². The second kappa shape index (κ2) is 9.07. The predicted octanol–water partition coefficient (Wildman–Crippen LogP) is 1.51. The van der Waals surface area contributed by atoms with Crippen molar-refractivity contribution in [2.45, 2.75) is 24.7 Å². The summed E-state index contributed by atoms with van der Waals surface area (Å²) in [5.41, 5.74) is 0.759. The van der Waals surface area contributed by atoms with Gasteiger partial charge in [-0.25, -0.2) is 9.59 Å². The van der Waals surface area contributed by atoms with Crippen LogP contribution in [-0.2, 0) is 14.3 Å². The van der Waals surface area contributed by atoms with E-state index in [0.717, 1.165) is 11.3 Å². The molecule has 4 amide bonds. The van der Waals surface area contributed by atoms with Crippen LogP contribution < -0.4 is 16.0 Å². The number of urea groups is 1. The molecule has 9 heteroatoms. The lowest BCUT2D eigenvalue weighted by Crippen LogP contribution is -2.41. The Bertz CT molecular complexity index is 692. The van der Waals surface area contributed by atoms with E-state index in [2.05, 4.69) is 16.0 Å². The summed E-state index contributed by atoms with van der Waals surface area (Å²) >= 11 is 1.52. The first-order valence-corrected chi connectivity index (χ1v) is 8.79. The summed E-state index contributed by atoms with van der Waals surface area (Å²) in [7, 11) is 0. The Morgan fingerprint density at radius 1 is 1.32 bits per heavy atom. The number of hydrogen-bond donors (Lipinski definition) is 3. The number of nitrogens with one attached hydrogen (secondary N) is 3. The van der Waals surface area contributed by atoms with Crippen LogP contribution in [0.25, 0.3) is 0 Å². The van der Waals surface area contributed by atoms with Crippen molar-refractivity contribution in [3.05, 3.63) is 23.8 Å². The lowest BCUT2D eigenvalue weighted by molar-refractivity contribution is -0.123. The van der Waals surface area contributed by atoms with Gasteiger partial charge in [0, 0.05) is 23.6 Å². The van der Waals surface area contributed by atoms with Crippen LogP contribution in [0.5, 0.6) is 0 Å². The first kappa shape index (κ1) is 18.8. The maximum atomic E-state index is 12.0. The normalized spacial score (nSPS) is 13.1. The van der Waals surface area contributed by atoms with Crippen LogP contribution in [0.15, 0.2) is 23.1 Å². The molecule has 8 nitrogen and oxygen atoms in total. The van der Waals surface area contributed by atoms with Gasteiger partial charge in [0.05, 0.1) is 11.3 Å². The van der Waals surface area contributed by atoms with Gasteiger partial charge in [0.25, 0.3) is 5.91 Å².